The Hall–Kier alpha value is -1.95. The van der Waals surface area contributed by atoms with E-state index in [4.69, 9.17) is 16.1 Å². The molecule has 0 saturated heterocycles. The Morgan fingerprint density at radius 2 is 2.26 bits per heavy atom. The van der Waals surface area contributed by atoms with Crippen LogP contribution >= 0.6 is 11.6 Å². The lowest BCUT2D eigenvalue weighted by Gasteiger charge is -2.05. The number of hydrogen-bond acceptors (Lipinski definition) is 4. The first kappa shape index (κ1) is 12.1. The predicted molar refractivity (Wildman–Crippen MR) is 67.3 cm³/mol. The lowest BCUT2D eigenvalue weighted by molar-refractivity contribution is 0.371. The molecule has 0 aliphatic heterocycles. The van der Waals surface area contributed by atoms with Crippen LogP contribution in [-0.4, -0.2) is 19.7 Å². The van der Waals surface area contributed by atoms with Gasteiger partial charge in [-0.15, -0.1) is 11.6 Å². The monoisotopic (exact) mass is 280 g/mol. The molecule has 2 aromatic heterocycles. The summed E-state index contributed by atoms with van der Waals surface area (Å²) in [5.41, 5.74) is 1.44. The summed E-state index contributed by atoms with van der Waals surface area (Å²) in [7, 11) is 0. The molecule has 0 atom stereocenters. The first-order valence-corrected chi connectivity index (χ1v) is 6.27. The molecule has 2 heterocycles. The smallest absolute Gasteiger partial charge is 0.228 e. The number of rotatable bonds is 4. The van der Waals surface area contributed by atoms with E-state index in [2.05, 4.69) is 15.1 Å². The van der Waals surface area contributed by atoms with Gasteiger partial charge in [0.15, 0.2) is 6.33 Å². The fourth-order valence-electron chi connectivity index (χ4n) is 2.01. The van der Waals surface area contributed by atoms with E-state index in [1.54, 1.807) is 6.07 Å². The van der Waals surface area contributed by atoms with Gasteiger partial charge in [-0.2, -0.15) is 4.98 Å². The van der Waals surface area contributed by atoms with Crippen LogP contribution < -0.4 is 0 Å². The molecule has 3 aromatic rings. The van der Waals surface area contributed by atoms with Crippen molar-refractivity contribution in [2.24, 2.45) is 0 Å². The van der Waals surface area contributed by atoms with Crippen molar-refractivity contribution in [2.45, 2.75) is 18.8 Å². The second-order valence-electron chi connectivity index (χ2n) is 4.03. The Labute approximate surface area is 113 Å². The van der Waals surface area contributed by atoms with Crippen LogP contribution in [0.4, 0.5) is 4.39 Å². The predicted octanol–water partition coefficient (Wildman–Crippen LogP) is 2.54. The quantitative estimate of drug-likeness (QED) is 0.689. The van der Waals surface area contributed by atoms with E-state index in [0.717, 1.165) is 11.0 Å². The molecule has 98 valence electrons. The Bertz CT molecular complexity index is 695. The summed E-state index contributed by atoms with van der Waals surface area (Å²) >= 11 is 5.88. The van der Waals surface area contributed by atoms with E-state index < -0.39 is 0 Å². The number of hydrogen-bond donors (Lipinski definition) is 0. The summed E-state index contributed by atoms with van der Waals surface area (Å²) in [6.07, 6.45) is 1.90. The number of fused-ring (bicyclic) bond motifs is 1. The third-order valence-corrected chi connectivity index (χ3v) is 3.10. The average Bonchev–Trinajstić information content (AvgIpc) is 3.03. The minimum atomic E-state index is -0.299. The van der Waals surface area contributed by atoms with Gasteiger partial charge in [0, 0.05) is 13.0 Å². The van der Waals surface area contributed by atoms with E-state index in [-0.39, 0.29) is 11.7 Å². The van der Waals surface area contributed by atoms with Gasteiger partial charge in [-0.05, 0) is 18.2 Å². The van der Waals surface area contributed by atoms with Crippen LogP contribution in [0, 0.1) is 5.82 Å². The lowest BCUT2D eigenvalue weighted by Crippen LogP contribution is -2.05. The number of nitrogens with zero attached hydrogens (tertiary/aromatic N) is 4. The molecule has 1 aromatic carbocycles. The highest BCUT2D eigenvalue weighted by Gasteiger charge is 2.11. The maximum atomic E-state index is 13.3. The van der Waals surface area contributed by atoms with Crippen molar-refractivity contribution in [2.75, 3.05) is 0 Å². The molecule has 0 unspecified atom stereocenters. The molecule has 3 rings (SSSR count). The Kier molecular flexibility index (Phi) is 3.16. The fraction of sp³-hybridized carbons (Fsp3) is 0.250. The molecule has 0 aliphatic carbocycles. The molecular formula is C12H10ClFN4O. The second kappa shape index (κ2) is 4.97. The van der Waals surface area contributed by atoms with Crippen LogP contribution in [0.15, 0.2) is 29.0 Å². The summed E-state index contributed by atoms with van der Waals surface area (Å²) in [6.45, 7) is 0.560. The van der Waals surface area contributed by atoms with Crippen molar-refractivity contribution >= 4 is 22.6 Å². The van der Waals surface area contributed by atoms with E-state index in [1.165, 1.54) is 18.5 Å². The van der Waals surface area contributed by atoms with Crippen molar-refractivity contribution in [1.29, 1.82) is 0 Å². The summed E-state index contributed by atoms with van der Waals surface area (Å²) in [5.74, 6) is 1.19. The van der Waals surface area contributed by atoms with Crippen LogP contribution in [0.1, 0.15) is 11.7 Å². The number of alkyl halides is 1. The van der Waals surface area contributed by atoms with Crippen molar-refractivity contribution in [3.63, 3.8) is 0 Å². The van der Waals surface area contributed by atoms with Crippen LogP contribution in [0.2, 0.25) is 0 Å². The SMILES string of the molecule is Fc1ccc2nc(CCl)n(CCc3ncno3)c2c1. The highest BCUT2D eigenvalue weighted by Crippen LogP contribution is 2.19. The zero-order valence-corrected chi connectivity index (χ0v) is 10.6. The number of aryl methyl sites for hydroxylation is 2. The molecular weight excluding hydrogens is 271 g/mol. The molecule has 0 N–H and O–H groups in total. The van der Waals surface area contributed by atoms with Crippen molar-refractivity contribution in [3.8, 4) is 0 Å². The largest absolute Gasteiger partial charge is 0.340 e. The third-order valence-electron chi connectivity index (χ3n) is 2.87. The fourth-order valence-corrected chi connectivity index (χ4v) is 2.21. The molecule has 0 aliphatic rings. The van der Waals surface area contributed by atoms with E-state index in [9.17, 15) is 4.39 Å². The highest BCUT2D eigenvalue weighted by atomic mass is 35.5. The molecule has 0 radical (unpaired) electrons. The van der Waals surface area contributed by atoms with Gasteiger partial charge in [-0.3, -0.25) is 0 Å². The number of imidazole rings is 1. The number of halogens is 2. The van der Waals surface area contributed by atoms with Crippen LogP contribution in [0.3, 0.4) is 0 Å². The van der Waals surface area contributed by atoms with Crippen LogP contribution in [-0.2, 0) is 18.8 Å². The first-order chi connectivity index (χ1) is 9.28. The zero-order chi connectivity index (χ0) is 13.2. The van der Waals surface area contributed by atoms with Gasteiger partial charge in [0.25, 0.3) is 0 Å². The summed E-state index contributed by atoms with van der Waals surface area (Å²) in [5, 5.41) is 3.54. The number of aromatic nitrogens is 4. The Balaban J connectivity index is 1.97. The highest BCUT2D eigenvalue weighted by molar-refractivity contribution is 6.16. The van der Waals surface area contributed by atoms with Crippen molar-refractivity contribution < 1.29 is 8.91 Å². The summed E-state index contributed by atoms with van der Waals surface area (Å²) in [4.78, 5) is 8.32. The summed E-state index contributed by atoms with van der Waals surface area (Å²) in [6, 6.07) is 4.48. The Morgan fingerprint density at radius 3 is 3.00 bits per heavy atom. The van der Waals surface area contributed by atoms with Crippen LogP contribution in [0.5, 0.6) is 0 Å². The lowest BCUT2D eigenvalue weighted by atomic mass is 10.3. The van der Waals surface area contributed by atoms with Gasteiger partial charge < -0.3 is 9.09 Å². The van der Waals surface area contributed by atoms with Crippen molar-refractivity contribution in [1.82, 2.24) is 19.7 Å². The van der Waals surface area contributed by atoms with Gasteiger partial charge >= 0.3 is 0 Å². The molecule has 19 heavy (non-hydrogen) atoms. The average molecular weight is 281 g/mol. The van der Waals surface area contributed by atoms with Crippen LogP contribution in [0.25, 0.3) is 11.0 Å². The standard InChI is InChI=1S/C12H10ClFN4O/c13-6-11-17-9-2-1-8(14)5-10(9)18(11)4-3-12-15-7-16-19-12/h1-2,5,7H,3-4,6H2. The first-order valence-electron chi connectivity index (χ1n) is 5.74. The molecule has 0 fully saturated rings. The molecule has 0 saturated carbocycles. The van der Waals surface area contributed by atoms with Gasteiger partial charge in [0.05, 0.1) is 16.9 Å². The molecule has 0 spiro atoms. The van der Waals surface area contributed by atoms with Gasteiger partial charge in [-0.25, -0.2) is 9.37 Å². The summed E-state index contributed by atoms with van der Waals surface area (Å²) < 4.78 is 20.1. The molecule has 0 bridgehead atoms. The van der Waals surface area contributed by atoms with Gasteiger partial charge in [0.1, 0.15) is 11.6 Å². The Morgan fingerprint density at radius 1 is 1.37 bits per heavy atom. The minimum absolute atomic E-state index is 0.264. The van der Waals surface area contributed by atoms with E-state index in [1.807, 2.05) is 4.57 Å². The maximum Gasteiger partial charge on any atom is 0.228 e. The van der Waals surface area contributed by atoms with Gasteiger partial charge in [-0.1, -0.05) is 5.16 Å². The second-order valence-corrected chi connectivity index (χ2v) is 4.30. The molecule has 5 nitrogen and oxygen atoms in total. The maximum absolute atomic E-state index is 13.3. The van der Waals surface area contributed by atoms with Gasteiger partial charge in [0.2, 0.25) is 5.89 Å². The zero-order valence-electron chi connectivity index (χ0n) is 9.88. The third kappa shape index (κ3) is 2.31. The molecule has 7 heteroatoms. The van der Waals surface area contributed by atoms with Crippen molar-refractivity contribution in [3.05, 3.63) is 42.1 Å². The topological polar surface area (TPSA) is 56.7 Å². The molecule has 0 amide bonds. The normalized spacial score (nSPS) is 11.3. The van der Waals surface area contributed by atoms with E-state index >= 15 is 0 Å². The minimum Gasteiger partial charge on any atom is -0.340 e. The van der Waals surface area contributed by atoms with E-state index in [0.29, 0.717) is 24.7 Å². The number of benzene rings is 1.